The van der Waals surface area contributed by atoms with E-state index in [1.165, 1.54) is 64.2 Å². The summed E-state index contributed by atoms with van der Waals surface area (Å²) in [7, 11) is 0. The zero-order valence-electron chi connectivity index (χ0n) is 15.0. The van der Waals surface area contributed by atoms with Gasteiger partial charge in [0.2, 0.25) is 0 Å². The Labute approximate surface area is 137 Å². The van der Waals surface area contributed by atoms with Gasteiger partial charge in [-0.15, -0.1) is 0 Å². The third-order valence-electron chi connectivity index (χ3n) is 9.24. The second kappa shape index (κ2) is 5.23. The predicted octanol–water partition coefficient (Wildman–Crippen LogP) is 5.42. The Kier molecular flexibility index (Phi) is 3.68. The zero-order valence-corrected chi connectivity index (χ0v) is 15.0. The van der Waals surface area contributed by atoms with Crippen LogP contribution in [0.3, 0.4) is 0 Å². The zero-order chi connectivity index (χ0) is 15.5. The molecule has 22 heavy (non-hydrogen) atoms. The van der Waals surface area contributed by atoms with Crippen molar-refractivity contribution in [3.8, 4) is 0 Å². The van der Waals surface area contributed by atoms with Crippen LogP contribution in [0.5, 0.6) is 0 Å². The van der Waals surface area contributed by atoms with Gasteiger partial charge in [0.05, 0.1) is 6.10 Å². The van der Waals surface area contributed by atoms with E-state index in [9.17, 15) is 5.11 Å². The fourth-order valence-corrected chi connectivity index (χ4v) is 8.13. The van der Waals surface area contributed by atoms with Crippen molar-refractivity contribution in [3.63, 3.8) is 0 Å². The Hall–Kier alpha value is -0.0400. The van der Waals surface area contributed by atoms with Crippen molar-refractivity contribution in [2.24, 2.45) is 40.4 Å². The summed E-state index contributed by atoms with van der Waals surface area (Å²) < 4.78 is 0. The summed E-state index contributed by atoms with van der Waals surface area (Å²) in [5.41, 5.74) is 1.10. The quantitative estimate of drug-likeness (QED) is 0.686. The highest BCUT2D eigenvalue weighted by molar-refractivity contribution is 5.09. The molecular weight excluding hydrogens is 268 g/mol. The molecule has 0 aromatic rings. The molecule has 5 unspecified atom stereocenters. The lowest BCUT2D eigenvalue weighted by Crippen LogP contribution is -2.53. The summed E-state index contributed by atoms with van der Waals surface area (Å²) in [5.74, 6) is 4.47. The minimum atomic E-state index is -0.104. The average Bonchev–Trinajstić information content (AvgIpc) is 2.84. The number of aliphatic hydroxyl groups excluding tert-OH is 1. The number of fused-ring (bicyclic) bond motifs is 5. The van der Waals surface area contributed by atoms with Crippen LogP contribution in [-0.4, -0.2) is 11.2 Å². The molecule has 8 atom stereocenters. The first-order valence-electron chi connectivity index (χ1n) is 10.1. The van der Waals surface area contributed by atoms with E-state index in [2.05, 4.69) is 13.8 Å². The molecule has 126 valence electrons. The molecule has 4 fully saturated rings. The second-order valence-corrected chi connectivity index (χ2v) is 9.87. The normalized spacial score (nSPS) is 55.9. The van der Waals surface area contributed by atoms with Crippen LogP contribution in [0.4, 0.5) is 0 Å². The van der Waals surface area contributed by atoms with E-state index in [0.717, 1.165) is 23.7 Å². The first-order chi connectivity index (χ1) is 10.5. The maximum absolute atomic E-state index is 10.3. The fraction of sp³-hybridized carbons (Fsp3) is 1.00. The molecule has 0 saturated heterocycles. The van der Waals surface area contributed by atoms with Crippen LogP contribution >= 0.6 is 0 Å². The van der Waals surface area contributed by atoms with Crippen molar-refractivity contribution >= 4 is 0 Å². The van der Waals surface area contributed by atoms with Gasteiger partial charge in [-0.05, 0) is 98.7 Å². The summed E-state index contributed by atoms with van der Waals surface area (Å²) in [5, 5.41) is 10.3. The summed E-state index contributed by atoms with van der Waals surface area (Å²) in [6.07, 6.45) is 14.4. The highest BCUT2D eigenvalue weighted by atomic mass is 16.3. The Bertz CT molecular complexity index is 430. The minimum Gasteiger partial charge on any atom is -0.393 e. The Morgan fingerprint density at radius 3 is 2.36 bits per heavy atom. The highest BCUT2D eigenvalue weighted by Gasteiger charge is 2.60. The monoisotopic (exact) mass is 304 g/mol. The van der Waals surface area contributed by atoms with Crippen molar-refractivity contribution in [3.05, 3.63) is 0 Å². The molecule has 0 bridgehead atoms. The van der Waals surface area contributed by atoms with E-state index in [-0.39, 0.29) is 6.10 Å². The molecule has 4 aliphatic rings. The van der Waals surface area contributed by atoms with Gasteiger partial charge in [0.25, 0.3) is 0 Å². The van der Waals surface area contributed by atoms with Crippen molar-refractivity contribution in [1.82, 2.24) is 0 Å². The van der Waals surface area contributed by atoms with Crippen LogP contribution in [0.25, 0.3) is 0 Å². The number of aliphatic hydroxyl groups is 1. The number of rotatable bonds is 1. The van der Waals surface area contributed by atoms with Crippen LogP contribution in [0.1, 0.15) is 85.0 Å². The van der Waals surface area contributed by atoms with Crippen molar-refractivity contribution in [1.29, 1.82) is 0 Å². The standard InChI is InChI=1S/C21H36O/c1-14(22)17-9-10-18-16-8-7-15-6-4-5-12-20(15,2)19(16)11-13-21(17,18)3/h14-19,22H,4-13H2,1-3H3/t14?,15-,16?,17?,18+,19+,20?,21?/m1/s1. The summed E-state index contributed by atoms with van der Waals surface area (Å²) >= 11 is 0. The number of hydrogen-bond donors (Lipinski definition) is 1. The van der Waals surface area contributed by atoms with E-state index >= 15 is 0 Å². The molecule has 4 rings (SSSR count). The van der Waals surface area contributed by atoms with E-state index in [1.54, 1.807) is 0 Å². The van der Waals surface area contributed by atoms with Gasteiger partial charge in [-0.25, -0.2) is 0 Å². The second-order valence-electron chi connectivity index (χ2n) is 9.87. The maximum atomic E-state index is 10.3. The summed E-state index contributed by atoms with van der Waals surface area (Å²) in [4.78, 5) is 0. The van der Waals surface area contributed by atoms with E-state index in [0.29, 0.717) is 16.7 Å². The molecule has 0 aliphatic heterocycles. The van der Waals surface area contributed by atoms with Crippen LogP contribution in [0, 0.1) is 40.4 Å². The van der Waals surface area contributed by atoms with Crippen LogP contribution in [0.2, 0.25) is 0 Å². The third-order valence-corrected chi connectivity index (χ3v) is 9.24. The van der Waals surface area contributed by atoms with Gasteiger partial charge in [-0.1, -0.05) is 26.7 Å². The molecule has 4 aliphatic carbocycles. The first kappa shape index (κ1) is 15.5. The molecule has 0 heterocycles. The molecule has 1 N–H and O–H groups in total. The van der Waals surface area contributed by atoms with Gasteiger partial charge < -0.3 is 5.11 Å². The van der Waals surface area contributed by atoms with Crippen molar-refractivity contribution < 1.29 is 5.11 Å². The predicted molar refractivity (Wildman–Crippen MR) is 91.5 cm³/mol. The van der Waals surface area contributed by atoms with E-state index < -0.39 is 0 Å². The molecular formula is C21H36O. The van der Waals surface area contributed by atoms with Crippen LogP contribution in [0.15, 0.2) is 0 Å². The van der Waals surface area contributed by atoms with Crippen LogP contribution < -0.4 is 0 Å². The smallest absolute Gasteiger partial charge is 0.0545 e. The molecule has 4 saturated carbocycles. The Morgan fingerprint density at radius 2 is 1.59 bits per heavy atom. The molecule has 0 amide bonds. The van der Waals surface area contributed by atoms with Gasteiger partial charge in [0.1, 0.15) is 0 Å². The van der Waals surface area contributed by atoms with Gasteiger partial charge >= 0.3 is 0 Å². The van der Waals surface area contributed by atoms with Crippen molar-refractivity contribution in [2.75, 3.05) is 0 Å². The average molecular weight is 305 g/mol. The lowest BCUT2D eigenvalue weighted by Gasteiger charge is -2.60. The molecule has 0 radical (unpaired) electrons. The van der Waals surface area contributed by atoms with Crippen LogP contribution in [-0.2, 0) is 0 Å². The number of hydrogen-bond acceptors (Lipinski definition) is 1. The topological polar surface area (TPSA) is 20.2 Å². The van der Waals surface area contributed by atoms with Crippen molar-refractivity contribution in [2.45, 2.75) is 91.1 Å². The van der Waals surface area contributed by atoms with E-state index in [1.807, 2.05) is 6.92 Å². The molecule has 0 aromatic heterocycles. The third kappa shape index (κ3) is 2.00. The molecule has 0 spiro atoms. The highest BCUT2D eigenvalue weighted by Crippen LogP contribution is 2.67. The van der Waals surface area contributed by atoms with Gasteiger partial charge in [-0.3, -0.25) is 0 Å². The molecule has 0 aromatic carbocycles. The van der Waals surface area contributed by atoms with E-state index in [4.69, 9.17) is 0 Å². The minimum absolute atomic E-state index is 0.104. The summed E-state index contributed by atoms with van der Waals surface area (Å²) in [6.45, 7) is 7.24. The largest absolute Gasteiger partial charge is 0.393 e. The Morgan fingerprint density at radius 1 is 0.818 bits per heavy atom. The molecule has 1 nitrogen and oxygen atoms in total. The Balaban J connectivity index is 1.62. The SMILES string of the molecule is CC(O)C1CC[C@H]2C3CC[C@H]4CCCCC4(C)[C@H]3CCC12C. The molecule has 1 heteroatoms. The van der Waals surface area contributed by atoms with Gasteiger partial charge in [-0.2, -0.15) is 0 Å². The maximum Gasteiger partial charge on any atom is 0.0545 e. The van der Waals surface area contributed by atoms with Gasteiger partial charge in [0, 0.05) is 0 Å². The summed E-state index contributed by atoms with van der Waals surface area (Å²) in [6, 6.07) is 0. The fourth-order valence-electron chi connectivity index (χ4n) is 8.13. The van der Waals surface area contributed by atoms with Gasteiger partial charge in [0.15, 0.2) is 0 Å². The lowest BCUT2D eigenvalue weighted by molar-refractivity contribution is -0.118. The lowest BCUT2D eigenvalue weighted by atomic mass is 9.45. The first-order valence-corrected chi connectivity index (χ1v) is 10.1.